The number of benzene rings is 2. The van der Waals surface area contributed by atoms with Crippen molar-refractivity contribution in [2.75, 3.05) is 20.1 Å². The van der Waals surface area contributed by atoms with E-state index in [1.165, 1.54) is 0 Å². The number of ether oxygens (including phenoxy) is 1. The van der Waals surface area contributed by atoms with Crippen molar-refractivity contribution in [3.05, 3.63) is 77.4 Å². The average molecular weight is 512 g/mol. The molecule has 2 aromatic carbocycles. The first-order valence-corrected chi connectivity index (χ1v) is 13.7. The van der Waals surface area contributed by atoms with E-state index in [2.05, 4.69) is 23.3 Å². The molecule has 2 aliphatic rings. The molecule has 7 nitrogen and oxygen atoms in total. The van der Waals surface area contributed by atoms with Crippen LogP contribution in [0, 0.1) is 11.3 Å². The van der Waals surface area contributed by atoms with Gasteiger partial charge in [-0.25, -0.2) is 4.98 Å². The molecular weight excluding hydrogens is 474 g/mol. The maximum Gasteiger partial charge on any atom is 0.232 e. The Morgan fingerprint density at radius 3 is 2.66 bits per heavy atom. The lowest BCUT2D eigenvalue weighted by molar-refractivity contribution is -0.137. The predicted octanol–water partition coefficient (Wildman–Crippen LogP) is 5.39. The Balaban J connectivity index is 1.52. The molecule has 0 spiro atoms. The summed E-state index contributed by atoms with van der Waals surface area (Å²) in [4.78, 5) is 19.9. The van der Waals surface area contributed by atoms with E-state index in [1.807, 2.05) is 78.6 Å². The molecule has 2 atom stereocenters. The number of nitrogens with zero attached hydrogens (tertiary/aromatic N) is 4. The highest BCUT2D eigenvalue weighted by atomic mass is 16.5. The zero-order valence-electron chi connectivity index (χ0n) is 22.7. The number of likely N-dealkylation sites (N-methyl/N-ethyl adjacent to an activating group) is 1. The smallest absolute Gasteiger partial charge is 0.232 e. The van der Waals surface area contributed by atoms with Crippen LogP contribution in [0.2, 0.25) is 0 Å². The van der Waals surface area contributed by atoms with Crippen molar-refractivity contribution in [2.24, 2.45) is 7.05 Å². The van der Waals surface area contributed by atoms with Crippen molar-refractivity contribution in [1.29, 1.82) is 5.26 Å². The van der Waals surface area contributed by atoms with Crippen LogP contribution in [0.4, 0.5) is 0 Å². The number of amides is 1. The minimum atomic E-state index is -0.564. The molecule has 0 bridgehead atoms. The Hall–Kier alpha value is -3.63. The van der Waals surface area contributed by atoms with E-state index in [-0.39, 0.29) is 11.4 Å². The number of carbonyl (C=O) groups excluding carboxylic acids is 1. The number of imidazole rings is 1. The lowest BCUT2D eigenvalue weighted by Gasteiger charge is -2.37. The number of rotatable bonds is 6. The van der Waals surface area contributed by atoms with E-state index in [0.717, 1.165) is 74.9 Å². The molecule has 2 fully saturated rings. The second kappa shape index (κ2) is 10.6. The minimum absolute atomic E-state index is 0.182. The van der Waals surface area contributed by atoms with Crippen LogP contribution >= 0.6 is 0 Å². The second-order valence-corrected chi connectivity index (χ2v) is 10.8. The molecule has 38 heavy (non-hydrogen) atoms. The van der Waals surface area contributed by atoms with Gasteiger partial charge in [0.15, 0.2) is 0 Å². The zero-order chi connectivity index (χ0) is 26.8. The van der Waals surface area contributed by atoms with Crippen LogP contribution in [0.25, 0.3) is 0 Å². The molecule has 7 heteroatoms. The molecular formula is C31H37N5O2. The normalized spacial score (nSPS) is 24.1. The van der Waals surface area contributed by atoms with Crippen LogP contribution in [0.1, 0.15) is 74.3 Å². The number of nitriles is 1. The van der Waals surface area contributed by atoms with E-state index >= 15 is 0 Å². The number of aryl methyl sites for hydroxylation is 1. The summed E-state index contributed by atoms with van der Waals surface area (Å²) in [7, 11) is 3.92. The molecule has 0 saturated carbocycles. The van der Waals surface area contributed by atoms with Crippen molar-refractivity contribution in [3.8, 4) is 17.6 Å². The summed E-state index contributed by atoms with van der Waals surface area (Å²) in [6.45, 7) is 3.80. The molecule has 1 amide bonds. The fraction of sp³-hybridized carbons (Fsp3) is 0.452. The summed E-state index contributed by atoms with van der Waals surface area (Å²) in [5.74, 6) is 1.33. The standard InChI is InChI=1S/C31H37N5O2/c1-4-30(14-6-5-7-17-35(2)29(30)37)24-10-8-11-26(18-24)38-27-19-25(13-12-23(27)20-32)31(15-9-16-34-31)28-21-33-22-36(28)3/h8,10-13,18-19,21-22,34H,4-7,9,14-17H2,1-3H3/t30-,31?/m1/s1. The van der Waals surface area contributed by atoms with Gasteiger partial charge in [0.25, 0.3) is 0 Å². The highest BCUT2D eigenvalue weighted by Gasteiger charge is 2.41. The number of hydrogen-bond acceptors (Lipinski definition) is 5. The molecule has 2 saturated heterocycles. The first kappa shape index (κ1) is 26.0. The third-order valence-electron chi connectivity index (χ3n) is 8.58. The summed E-state index contributed by atoms with van der Waals surface area (Å²) in [5.41, 5.74) is 2.64. The topological polar surface area (TPSA) is 83.2 Å². The van der Waals surface area contributed by atoms with Crippen molar-refractivity contribution in [1.82, 2.24) is 19.8 Å². The van der Waals surface area contributed by atoms with Gasteiger partial charge in [0.05, 0.1) is 34.7 Å². The highest BCUT2D eigenvalue weighted by Crippen LogP contribution is 2.42. The lowest BCUT2D eigenvalue weighted by atomic mass is 9.72. The third kappa shape index (κ3) is 4.48. The Bertz CT molecular complexity index is 1350. The van der Waals surface area contributed by atoms with E-state index in [9.17, 15) is 10.1 Å². The first-order valence-electron chi connectivity index (χ1n) is 13.7. The van der Waals surface area contributed by atoms with Crippen LogP contribution in [0.3, 0.4) is 0 Å². The second-order valence-electron chi connectivity index (χ2n) is 10.8. The minimum Gasteiger partial charge on any atom is -0.456 e. The SMILES string of the molecule is CC[C@]1(c2cccc(Oc3cc(C4(c5cncn5C)CCCN4)ccc3C#N)c2)CCCCCN(C)C1=O. The van der Waals surface area contributed by atoms with E-state index in [0.29, 0.717) is 17.1 Å². The van der Waals surface area contributed by atoms with Gasteiger partial charge in [0.1, 0.15) is 17.6 Å². The molecule has 1 unspecified atom stereocenters. The van der Waals surface area contributed by atoms with Gasteiger partial charge in [-0.3, -0.25) is 4.79 Å². The van der Waals surface area contributed by atoms with Gasteiger partial charge in [0.2, 0.25) is 5.91 Å². The summed E-state index contributed by atoms with van der Waals surface area (Å²) in [5, 5.41) is 13.6. The molecule has 0 radical (unpaired) electrons. The number of hydrogen-bond donors (Lipinski definition) is 1. The Morgan fingerprint density at radius 1 is 1.08 bits per heavy atom. The summed E-state index contributed by atoms with van der Waals surface area (Å²) < 4.78 is 8.48. The number of carbonyl (C=O) groups is 1. The highest BCUT2D eigenvalue weighted by molar-refractivity contribution is 5.88. The summed E-state index contributed by atoms with van der Waals surface area (Å²) >= 11 is 0. The quantitative estimate of drug-likeness (QED) is 0.480. The molecule has 198 valence electrons. The number of likely N-dealkylation sites (tertiary alicyclic amines) is 1. The predicted molar refractivity (Wildman–Crippen MR) is 147 cm³/mol. The molecule has 1 aromatic heterocycles. The molecule has 3 aromatic rings. The van der Waals surface area contributed by atoms with Gasteiger partial charge >= 0.3 is 0 Å². The van der Waals surface area contributed by atoms with Crippen molar-refractivity contribution < 1.29 is 9.53 Å². The van der Waals surface area contributed by atoms with Crippen LogP contribution < -0.4 is 10.1 Å². The molecule has 2 aliphatic heterocycles. The van der Waals surface area contributed by atoms with E-state index in [1.54, 1.807) is 0 Å². The Labute approximate surface area is 225 Å². The summed E-state index contributed by atoms with van der Waals surface area (Å²) in [6.07, 6.45) is 10.5. The Morgan fingerprint density at radius 2 is 1.95 bits per heavy atom. The van der Waals surface area contributed by atoms with Gasteiger partial charge in [-0.15, -0.1) is 0 Å². The maximum absolute atomic E-state index is 13.6. The molecule has 0 aliphatic carbocycles. The van der Waals surface area contributed by atoms with Crippen LogP contribution in [0.15, 0.2) is 55.0 Å². The Kier molecular flexibility index (Phi) is 7.27. The van der Waals surface area contributed by atoms with Gasteiger partial charge in [-0.1, -0.05) is 38.0 Å². The summed E-state index contributed by atoms with van der Waals surface area (Å²) in [6, 6.07) is 16.0. The van der Waals surface area contributed by atoms with E-state index < -0.39 is 5.41 Å². The maximum atomic E-state index is 13.6. The fourth-order valence-electron chi connectivity index (χ4n) is 6.40. The molecule has 1 N–H and O–H groups in total. The zero-order valence-corrected chi connectivity index (χ0v) is 22.7. The monoisotopic (exact) mass is 511 g/mol. The number of nitrogens with one attached hydrogen (secondary N) is 1. The van der Waals surface area contributed by atoms with Gasteiger partial charge in [-0.2, -0.15) is 5.26 Å². The van der Waals surface area contributed by atoms with Gasteiger partial charge < -0.3 is 19.5 Å². The van der Waals surface area contributed by atoms with Crippen molar-refractivity contribution in [2.45, 2.75) is 62.8 Å². The fourth-order valence-corrected chi connectivity index (χ4v) is 6.40. The molecule has 3 heterocycles. The van der Waals surface area contributed by atoms with Crippen LogP contribution in [-0.4, -0.2) is 40.5 Å². The molecule has 5 rings (SSSR count). The third-order valence-corrected chi connectivity index (χ3v) is 8.58. The van der Waals surface area contributed by atoms with Crippen molar-refractivity contribution in [3.63, 3.8) is 0 Å². The van der Waals surface area contributed by atoms with Gasteiger partial charge in [-0.05, 0) is 74.0 Å². The van der Waals surface area contributed by atoms with Crippen molar-refractivity contribution >= 4 is 5.91 Å². The van der Waals surface area contributed by atoms with E-state index in [4.69, 9.17) is 4.74 Å². The average Bonchev–Trinajstić information content (AvgIpc) is 3.60. The first-order chi connectivity index (χ1) is 18.4. The lowest BCUT2D eigenvalue weighted by Crippen LogP contribution is -2.46. The van der Waals surface area contributed by atoms with Crippen LogP contribution in [0.5, 0.6) is 11.5 Å². The van der Waals surface area contributed by atoms with Crippen LogP contribution in [-0.2, 0) is 22.8 Å². The van der Waals surface area contributed by atoms with Gasteiger partial charge in [0, 0.05) is 20.6 Å². The largest absolute Gasteiger partial charge is 0.456 e. The number of aromatic nitrogens is 2.